The number of carbonyl (C=O) groups excluding carboxylic acids is 1. The Kier molecular flexibility index (Phi) is 5.02. The number of carbonyl (C=O) groups is 1. The van der Waals surface area contributed by atoms with Gasteiger partial charge in [-0.15, -0.1) is 0 Å². The zero-order valence-electron chi connectivity index (χ0n) is 4.93. The van der Waals surface area contributed by atoms with Gasteiger partial charge in [-0.25, -0.2) is 0 Å². The standard InChI is InChI=1S/C4H10IN3O/c5-8-4(9)3(7)1-2-6/h3H,1-2,6-7H2,(H,8,9)/t3-/m0/s1. The Bertz CT molecular complexity index is 97.8. The van der Waals surface area contributed by atoms with E-state index < -0.39 is 6.04 Å². The van der Waals surface area contributed by atoms with Crippen LogP contribution < -0.4 is 15.0 Å². The van der Waals surface area contributed by atoms with Crippen LogP contribution in [0.2, 0.25) is 0 Å². The van der Waals surface area contributed by atoms with E-state index in [-0.39, 0.29) is 5.91 Å². The third-order valence-corrected chi connectivity index (χ3v) is 1.44. The van der Waals surface area contributed by atoms with Gasteiger partial charge >= 0.3 is 0 Å². The lowest BCUT2D eigenvalue weighted by Gasteiger charge is -2.05. The van der Waals surface area contributed by atoms with Gasteiger partial charge in [-0.1, -0.05) is 0 Å². The second-order valence-corrected chi connectivity index (χ2v) is 2.18. The maximum Gasteiger partial charge on any atom is 0.245 e. The van der Waals surface area contributed by atoms with Gasteiger partial charge < -0.3 is 11.5 Å². The molecule has 5 heteroatoms. The second kappa shape index (κ2) is 4.95. The molecule has 0 aromatic heterocycles. The van der Waals surface area contributed by atoms with Gasteiger partial charge in [0.25, 0.3) is 0 Å². The van der Waals surface area contributed by atoms with Crippen LogP contribution in [-0.4, -0.2) is 18.5 Å². The van der Waals surface area contributed by atoms with Crippen molar-refractivity contribution in [1.29, 1.82) is 0 Å². The highest BCUT2D eigenvalue weighted by molar-refractivity contribution is 14.1. The predicted molar refractivity (Wildman–Crippen MR) is 43.8 cm³/mol. The van der Waals surface area contributed by atoms with Crippen LogP contribution in [0.25, 0.3) is 0 Å². The summed E-state index contributed by atoms with van der Waals surface area (Å²) in [7, 11) is 0. The molecule has 0 aromatic carbocycles. The molecule has 0 saturated heterocycles. The van der Waals surface area contributed by atoms with Crippen molar-refractivity contribution in [3.05, 3.63) is 0 Å². The number of hydrogen-bond acceptors (Lipinski definition) is 3. The van der Waals surface area contributed by atoms with Gasteiger partial charge in [0.1, 0.15) is 0 Å². The second-order valence-electron chi connectivity index (χ2n) is 1.64. The van der Waals surface area contributed by atoms with Crippen LogP contribution in [-0.2, 0) is 4.79 Å². The average Bonchev–Trinajstić information content (AvgIpc) is 1.87. The van der Waals surface area contributed by atoms with E-state index in [1.165, 1.54) is 0 Å². The van der Waals surface area contributed by atoms with E-state index in [9.17, 15) is 4.79 Å². The summed E-state index contributed by atoms with van der Waals surface area (Å²) >= 11 is 1.75. The molecule has 4 nitrogen and oxygen atoms in total. The summed E-state index contributed by atoms with van der Waals surface area (Å²) in [4.78, 5) is 10.6. The van der Waals surface area contributed by atoms with Gasteiger partial charge in [-0.3, -0.25) is 8.32 Å². The maximum absolute atomic E-state index is 10.6. The first-order chi connectivity index (χ1) is 4.22. The Labute approximate surface area is 67.8 Å². The molecule has 0 aliphatic heterocycles. The zero-order chi connectivity index (χ0) is 7.28. The van der Waals surface area contributed by atoms with Crippen LogP contribution in [0, 0.1) is 0 Å². The number of hydrogen-bond donors (Lipinski definition) is 3. The minimum absolute atomic E-state index is 0.166. The van der Waals surface area contributed by atoms with Crippen LogP contribution >= 0.6 is 22.9 Å². The first-order valence-corrected chi connectivity index (χ1v) is 3.66. The number of nitrogens with two attached hydrogens (primary N) is 2. The Morgan fingerprint density at radius 1 is 1.78 bits per heavy atom. The van der Waals surface area contributed by atoms with Gasteiger partial charge in [0.05, 0.1) is 28.9 Å². The van der Waals surface area contributed by atoms with Crippen LogP contribution in [0.3, 0.4) is 0 Å². The minimum Gasteiger partial charge on any atom is -0.330 e. The fraction of sp³-hybridized carbons (Fsp3) is 0.750. The van der Waals surface area contributed by atoms with Crippen LogP contribution in [0.5, 0.6) is 0 Å². The van der Waals surface area contributed by atoms with E-state index in [1.807, 2.05) is 0 Å². The monoisotopic (exact) mass is 243 g/mol. The molecule has 0 aromatic rings. The highest BCUT2D eigenvalue weighted by Gasteiger charge is 2.09. The summed E-state index contributed by atoms with van der Waals surface area (Å²) in [5, 5.41) is 0. The van der Waals surface area contributed by atoms with E-state index >= 15 is 0 Å². The van der Waals surface area contributed by atoms with Gasteiger partial charge in [0.15, 0.2) is 0 Å². The van der Waals surface area contributed by atoms with Crippen molar-refractivity contribution < 1.29 is 4.79 Å². The number of nitrogens with one attached hydrogen (secondary N) is 1. The van der Waals surface area contributed by atoms with Gasteiger partial charge in [-0.2, -0.15) is 0 Å². The molecule has 1 amide bonds. The molecule has 0 rings (SSSR count). The number of rotatable bonds is 3. The smallest absolute Gasteiger partial charge is 0.245 e. The Morgan fingerprint density at radius 3 is 2.67 bits per heavy atom. The van der Waals surface area contributed by atoms with Gasteiger partial charge in [-0.05, 0) is 13.0 Å². The predicted octanol–water partition coefficient (Wildman–Crippen LogP) is -0.871. The van der Waals surface area contributed by atoms with E-state index in [1.54, 1.807) is 22.9 Å². The maximum atomic E-state index is 10.6. The molecule has 0 heterocycles. The lowest BCUT2D eigenvalue weighted by atomic mass is 10.2. The summed E-state index contributed by atoms with van der Waals surface area (Å²) in [5.41, 5.74) is 10.5. The van der Waals surface area contributed by atoms with Gasteiger partial charge in [0.2, 0.25) is 5.91 Å². The topological polar surface area (TPSA) is 81.1 Å². The third kappa shape index (κ3) is 3.66. The molecule has 0 aliphatic carbocycles. The number of amides is 1. The van der Waals surface area contributed by atoms with E-state index in [4.69, 9.17) is 11.5 Å². The Balaban J connectivity index is 3.45. The van der Waals surface area contributed by atoms with Crippen molar-refractivity contribution in [3.63, 3.8) is 0 Å². The van der Waals surface area contributed by atoms with E-state index in [2.05, 4.69) is 3.53 Å². The highest BCUT2D eigenvalue weighted by atomic mass is 127. The first-order valence-electron chi connectivity index (χ1n) is 2.58. The van der Waals surface area contributed by atoms with Crippen LogP contribution in [0.15, 0.2) is 0 Å². The summed E-state index contributed by atoms with van der Waals surface area (Å²) in [6.45, 7) is 0.450. The molecule has 0 fully saturated rings. The molecule has 0 radical (unpaired) electrons. The lowest BCUT2D eigenvalue weighted by molar-refractivity contribution is -0.120. The Morgan fingerprint density at radius 2 is 2.33 bits per heavy atom. The lowest BCUT2D eigenvalue weighted by Crippen LogP contribution is -2.37. The van der Waals surface area contributed by atoms with Crippen molar-refractivity contribution in [1.82, 2.24) is 3.53 Å². The molecule has 0 aliphatic rings. The van der Waals surface area contributed by atoms with Crippen molar-refractivity contribution in [2.75, 3.05) is 6.54 Å². The molecule has 0 bridgehead atoms. The van der Waals surface area contributed by atoms with Crippen molar-refractivity contribution in [2.24, 2.45) is 11.5 Å². The molecule has 1 atom stereocenters. The van der Waals surface area contributed by atoms with Crippen LogP contribution in [0.1, 0.15) is 6.42 Å². The number of halogens is 1. The molecule has 5 N–H and O–H groups in total. The zero-order valence-corrected chi connectivity index (χ0v) is 7.09. The fourth-order valence-corrected chi connectivity index (χ4v) is 0.781. The SMILES string of the molecule is NCC[C@H](N)C(=O)NI. The molecular weight excluding hydrogens is 233 g/mol. The van der Waals surface area contributed by atoms with Crippen molar-refractivity contribution >= 4 is 28.8 Å². The molecule has 0 spiro atoms. The van der Waals surface area contributed by atoms with Gasteiger partial charge in [0, 0.05) is 0 Å². The molecular formula is C4H10IN3O. The Hall–Kier alpha value is 0.120. The molecule has 9 heavy (non-hydrogen) atoms. The van der Waals surface area contributed by atoms with E-state index in [0.29, 0.717) is 13.0 Å². The quantitative estimate of drug-likeness (QED) is 0.445. The summed E-state index contributed by atoms with van der Waals surface area (Å²) < 4.78 is 2.40. The molecule has 0 saturated carbocycles. The van der Waals surface area contributed by atoms with Crippen molar-refractivity contribution in [3.8, 4) is 0 Å². The first kappa shape index (κ1) is 9.12. The molecule has 54 valence electrons. The largest absolute Gasteiger partial charge is 0.330 e. The normalized spacial score (nSPS) is 12.8. The summed E-state index contributed by atoms with van der Waals surface area (Å²) in [6.07, 6.45) is 0.537. The summed E-state index contributed by atoms with van der Waals surface area (Å²) in [5.74, 6) is -0.166. The summed E-state index contributed by atoms with van der Waals surface area (Å²) in [6, 6.07) is -0.452. The molecule has 0 unspecified atom stereocenters. The third-order valence-electron chi connectivity index (χ3n) is 0.908. The van der Waals surface area contributed by atoms with Crippen molar-refractivity contribution in [2.45, 2.75) is 12.5 Å². The van der Waals surface area contributed by atoms with E-state index in [0.717, 1.165) is 0 Å². The van der Waals surface area contributed by atoms with Crippen LogP contribution in [0.4, 0.5) is 0 Å². The average molecular weight is 243 g/mol. The minimum atomic E-state index is -0.452. The highest BCUT2D eigenvalue weighted by Crippen LogP contribution is 1.86. The fourth-order valence-electron chi connectivity index (χ4n) is 0.381.